The SMILES string of the molecule is N#Cc1ccc(Nc2cccc(C(=O)N3C[C@H](O)C[C@H]3CO)c2)cc1. The van der Waals surface area contributed by atoms with Crippen LogP contribution in [0, 0.1) is 11.3 Å². The first-order chi connectivity index (χ1) is 12.1. The van der Waals surface area contributed by atoms with Gasteiger partial charge in [0, 0.05) is 23.5 Å². The van der Waals surface area contributed by atoms with Gasteiger partial charge in [-0.3, -0.25) is 4.79 Å². The summed E-state index contributed by atoms with van der Waals surface area (Å²) in [6.07, 6.45) is -0.202. The van der Waals surface area contributed by atoms with E-state index in [9.17, 15) is 15.0 Å². The highest BCUT2D eigenvalue weighted by atomic mass is 16.3. The van der Waals surface area contributed by atoms with Gasteiger partial charge in [-0.2, -0.15) is 5.26 Å². The summed E-state index contributed by atoms with van der Waals surface area (Å²) in [5.41, 5.74) is 2.63. The number of hydrogen-bond donors (Lipinski definition) is 3. The average Bonchev–Trinajstić information content (AvgIpc) is 3.03. The summed E-state index contributed by atoms with van der Waals surface area (Å²) in [6.45, 7) is 0.0727. The molecule has 1 heterocycles. The van der Waals surface area contributed by atoms with Crippen molar-refractivity contribution in [1.29, 1.82) is 5.26 Å². The smallest absolute Gasteiger partial charge is 0.254 e. The first-order valence-electron chi connectivity index (χ1n) is 8.08. The first kappa shape index (κ1) is 17.0. The molecule has 6 heteroatoms. The van der Waals surface area contributed by atoms with E-state index in [-0.39, 0.29) is 25.1 Å². The van der Waals surface area contributed by atoms with Gasteiger partial charge in [-0.15, -0.1) is 0 Å². The predicted octanol–water partition coefficient (Wildman–Crippen LogP) is 1.87. The van der Waals surface area contributed by atoms with Crippen molar-refractivity contribution in [1.82, 2.24) is 4.90 Å². The van der Waals surface area contributed by atoms with Crippen LogP contribution in [0.4, 0.5) is 11.4 Å². The minimum Gasteiger partial charge on any atom is -0.394 e. The fourth-order valence-electron chi connectivity index (χ4n) is 3.00. The molecule has 2 aromatic rings. The van der Waals surface area contributed by atoms with Crippen LogP contribution in [-0.4, -0.2) is 46.3 Å². The molecule has 2 atom stereocenters. The van der Waals surface area contributed by atoms with Crippen LogP contribution in [-0.2, 0) is 0 Å². The molecule has 0 bridgehead atoms. The normalized spacial score (nSPS) is 19.5. The highest BCUT2D eigenvalue weighted by Gasteiger charge is 2.34. The molecule has 0 aliphatic carbocycles. The number of rotatable bonds is 4. The van der Waals surface area contributed by atoms with E-state index in [1.165, 1.54) is 4.90 Å². The minimum atomic E-state index is -0.596. The lowest BCUT2D eigenvalue weighted by atomic mass is 10.1. The summed E-state index contributed by atoms with van der Waals surface area (Å²) in [4.78, 5) is 14.2. The number of nitriles is 1. The van der Waals surface area contributed by atoms with E-state index in [4.69, 9.17) is 5.26 Å². The zero-order valence-corrected chi connectivity index (χ0v) is 13.6. The molecule has 2 aromatic carbocycles. The van der Waals surface area contributed by atoms with Gasteiger partial charge in [0.15, 0.2) is 0 Å². The molecule has 25 heavy (non-hydrogen) atoms. The molecule has 1 amide bonds. The van der Waals surface area contributed by atoms with Gasteiger partial charge < -0.3 is 20.4 Å². The van der Waals surface area contributed by atoms with E-state index in [1.807, 2.05) is 6.07 Å². The maximum atomic E-state index is 12.7. The molecule has 128 valence electrons. The van der Waals surface area contributed by atoms with Crippen LogP contribution >= 0.6 is 0 Å². The van der Waals surface area contributed by atoms with Crippen molar-refractivity contribution in [3.8, 4) is 6.07 Å². The fourth-order valence-corrected chi connectivity index (χ4v) is 3.00. The maximum Gasteiger partial charge on any atom is 0.254 e. The fraction of sp³-hybridized carbons (Fsp3) is 0.263. The highest BCUT2D eigenvalue weighted by molar-refractivity contribution is 5.95. The molecule has 3 N–H and O–H groups in total. The predicted molar refractivity (Wildman–Crippen MR) is 93.4 cm³/mol. The number of carbonyl (C=O) groups is 1. The molecule has 1 fully saturated rings. The quantitative estimate of drug-likeness (QED) is 0.791. The molecule has 0 spiro atoms. The number of nitrogens with zero attached hydrogens (tertiary/aromatic N) is 2. The van der Waals surface area contributed by atoms with Crippen molar-refractivity contribution in [2.45, 2.75) is 18.6 Å². The first-order valence-corrected chi connectivity index (χ1v) is 8.08. The van der Waals surface area contributed by atoms with Gasteiger partial charge >= 0.3 is 0 Å². The van der Waals surface area contributed by atoms with E-state index >= 15 is 0 Å². The number of benzene rings is 2. The van der Waals surface area contributed by atoms with Crippen molar-refractivity contribution in [2.24, 2.45) is 0 Å². The zero-order chi connectivity index (χ0) is 17.8. The van der Waals surface area contributed by atoms with Crippen molar-refractivity contribution in [3.63, 3.8) is 0 Å². The van der Waals surface area contributed by atoms with Crippen LogP contribution in [0.5, 0.6) is 0 Å². The molecule has 6 nitrogen and oxygen atoms in total. The molecule has 0 radical (unpaired) electrons. The molecule has 3 rings (SSSR count). The molecule has 1 aliphatic heterocycles. The number of hydrogen-bond acceptors (Lipinski definition) is 5. The number of likely N-dealkylation sites (tertiary alicyclic amines) is 1. The number of carbonyl (C=O) groups excluding carboxylic acids is 1. The number of amides is 1. The van der Waals surface area contributed by atoms with Gasteiger partial charge in [0.25, 0.3) is 5.91 Å². The van der Waals surface area contributed by atoms with Crippen LogP contribution in [0.25, 0.3) is 0 Å². The molecule has 0 aromatic heterocycles. The Morgan fingerprint density at radius 1 is 1.24 bits per heavy atom. The van der Waals surface area contributed by atoms with Crippen LogP contribution < -0.4 is 5.32 Å². The Morgan fingerprint density at radius 3 is 2.68 bits per heavy atom. The number of nitrogens with one attached hydrogen (secondary N) is 1. The lowest BCUT2D eigenvalue weighted by Gasteiger charge is -2.23. The Morgan fingerprint density at radius 2 is 2.00 bits per heavy atom. The number of anilines is 2. The number of aliphatic hydroxyl groups is 2. The maximum absolute atomic E-state index is 12.7. The highest BCUT2D eigenvalue weighted by Crippen LogP contribution is 2.23. The molecule has 0 saturated carbocycles. The summed E-state index contributed by atoms with van der Waals surface area (Å²) < 4.78 is 0. The third kappa shape index (κ3) is 3.79. The number of β-amino-alcohol motifs (C(OH)–C–C–N with tert-alkyl or cyclic N) is 1. The lowest BCUT2D eigenvalue weighted by Crippen LogP contribution is -2.38. The third-order valence-electron chi connectivity index (χ3n) is 4.28. The summed E-state index contributed by atoms with van der Waals surface area (Å²) in [5, 5.41) is 31.2. The largest absolute Gasteiger partial charge is 0.394 e. The molecular formula is C19H19N3O3. The Hall–Kier alpha value is -2.88. The van der Waals surface area contributed by atoms with E-state index in [0.717, 1.165) is 11.4 Å². The van der Waals surface area contributed by atoms with E-state index < -0.39 is 6.10 Å². The average molecular weight is 337 g/mol. The third-order valence-corrected chi connectivity index (χ3v) is 4.28. The van der Waals surface area contributed by atoms with Crippen molar-refractivity contribution >= 4 is 17.3 Å². The van der Waals surface area contributed by atoms with Gasteiger partial charge in [0.1, 0.15) is 0 Å². The number of aliphatic hydroxyl groups excluding tert-OH is 2. The van der Waals surface area contributed by atoms with Gasteiger partial charge in [0.05, 0.1) is 30.4 Å². The van der Waals surface area contributed by atoms with Crippen LogP contribution in [0.15, 0.2) is 48.5 Å². The summed E-state index contributed by atoms with van der Waals surface area (Å²) in [6, 6.07) is 15.8. The minimum absolute atomic E-state index is 0.161. The second kappa shape index (κ2) is 7.34. The van der Waals surface area contributed by atoms with Gasteiger partial charge in [-0.1, -0.05) is 6.07 Å². The Labute approximate surface area is 145 Å². The molecule has 0 unspecified atom stereocenters. The van der Waals surface area contributed by atoms with Gasteiger partial charge in [0.2, 0.25) is 0 Å². The van der Waals surface area contributed by atoms with Crippen molar-refractivity contribution in [2.75, 3.05) is 18.5 Å². The van der Waals surface area contributed by atoms with Crippen LogP contribution in [0.2, 0.25) is 0 Å². The lowest BCUT2D eigenvalue weighted by molar-refractivity contribution is 0.0665. The zero-order valence-electron chi connectivity index (χ0n) is 13.6. The van der Waals surface area contributed by atoms with E-state index in [0.29, 0.717) is 17.5 Å². The molecular weight excluding hydrogens is 318 g/mol. The summed E-state index contributed by atoms with van der Waals surface area (Å²) in [5.74, 6) is -0.209. The second-order valence-electron chi connectivity index (χ2n) is 6.08. The Bertz CT molecular complexity index is 798. The van der Waals surface area contributed by atoms with E-state index in [1.54, 1.807) is 42.5 Å². The standard InChI is InChI=1S/C19H19N3O3/c20-10-13-4-6-15(7-5-13)21-16-3-1-2-14(8-16)19(25)22-11-18(24)9-17(22)12-23/h1-8,17-18,21,23-24H,9,11-12H2/t17-,18+/m0/s1. The second-order valence-corrected chi connectivity index (χ2v) is 6.08. The summed E-state index contributed by atoms with van der Waals surface area (Å²) >= 11 is 0. The molecule has 1 saturated heterocycles. The van der Waals surface area contributed by atoms with Crippen LogP contribution in [0.1, 0.15) is 22.3 Å². The molecule has 1 aliphatic rings. The van der Waals surface area contributed by atoms with Crippen molar-refractivity contribution in [3.05, 3.63) is 59.7 Å². The summed E-state index contributed by atoms with van der Waals surface area (Å²) in [7, 11) is 0. The van der Waals surface area contributed by atoms with Gasteiger partial charge in [-0.05, 0) is 48.9 Å². The monoisotopic (exact) mass is 337 g/mol. The topological polar surface area (TPSA) is 96.6 Å². The van der Waals surface area contributed by atoms with Crippen LogP contribution in [0.3, 0.4) is 0 Å². The van der Waals surface area contributed by atoms with Gasteiger partial charge in [-0.25, -0.2) is 0 Å². The van der Waals surface area contributed by atoms with E-state index in [2.05, 4.69) is 11.4 Å². The Kier molecular flexibility index (Phi) is 4.98. The Balaban J connectivity index is 1.76. The van der Waals surface area contributed by atoms with Crippen molar-refractivity contribution < 1.29 is 15.0 Å².